The normalized spacial score (nSPS) is 12.5. The van der Waals surface area contributed by atoms with Crippen LogP contribution >= 0.6 is 0 Å². The van der Waals surface area contributed by atoms with Crippen molar-refractivity contribution in [1.29, 1.82) is 0 Å². The number of sulfonamides is 1. The Morgan fingerprint density at radius 3 is 2.33 bits per heavy atom. The Hall–Kier alpha value is -2.34. The lowest BCUT2D eigenvalue weighted by molar-refractivity contribution is 0.0935. The van der Waals surface area contributed by atoms with Gasteiger partial charge in [0, 0.05) is 12.6 Å². The molecule has 0 saturated carbocycles. The summed E-state index contributed by atoms with van der Waals surface area (Å²) < 4.78 is 24.9. The van der Waals surface area contributed by atoms with E-state index in [-0.39, 0.29) is 11.9 Å². The number of anilines is 1. The second kappa shape index (κ2) is 8.13. The summed E-state index contributed by atoms with van der Waals surface area (Å²) in [6.07, 6.45) is 1.91. The van der Waals surface area contributed by atoms with Crippen molar-refractivity contribution >= 4 is 21.6 Å². The maximum atomic E-state index is 12.9. The predicted octanol–water partition coefficient (Wildman–Crippen LogP) is 3.89. The molecule has 0 aliphatic rings. The zero-order chi connectivity index (χ0) is 20.4. The van der Waals surface area contributed by atoms with Crippen molar-refractivity contribution in [3.05, 3.63) is 64.2 Å². The van der Waals surface area contributed by atoms with Gasteiger partial charge in [-0.15, -0.1) is 0 Å². The van der Waals surface area contributed by atoms with E-state index in [1.807, 2.05) is 13.0 Å². The topological polar surface area (TPSA) is 66.5 Å². The van der Waals surface area contributed by atoms with Crippen LogP contribution in [0.2, 0.25) is 0 Å². The van der Waals surface area contributed by atoms with Crippen LogP contribution in [-0.4, -0.2) is 27.6 Å². The van der Waals surface area contributed by atoms with Crippen LogP contribution in [0.1, 0.15) is 52.0 Å². The number of benzene rings is 2. The van der Waals surface area contributed by atoms with Crippen molar-refractivity contribution < 1.29 is 13.2 Å². The molecule has 2 aromatic carbocycles. The lowest BCUT2D eigenvalue weighted by Crippen LogP contribution is -2.30. The van der Waals surface area contributed by atoms with Gasteiger partial charge in [0.2, 0.25) is 10.0 Å². The van der Waals surface area contributed by atoms with E-state index in [0.29, 0.717) is 16.8 Å². The van der Waals surface area contributed by atoms with Crippen molar-refractivity contribution in [2.75, 3.05) is 17.6 Å². The van der Waals surface area contributed by atoms with E-state index >= 15 is 0 Å². The molecule has 2 rings (SSSR count). The van der Waals surface area contributed by atoms with E-state index < -0.39 is 10.0 Å². The van der Waals surface area contributed by atoms with Gasteiger partial charge in [0.15, 0.2) is 0 Å². The summed E-state index contributed by atoms with van der Waals surface area (Å²) >= 11 is 0. The SMILES string of the molecule is CC[C@H](NC(=O)c1cccc(N(C)S(C)(=O)=O)c1C)c1ccc(C)c(C)c1. The van der Waals surface area contributed by atoms with Crippen LogP contribution in [-0.2, 0) is 10.0 Å². The van der Waals surface area contributed by atoms with E-state index in [0.717, 1.165) is 18.2 Å². The molecular weight excluding hydrogens is 360 g/mol. The van der Waals surface area contributed by atoms with E-state index in [2.05, 4.69) is 31.3 Å². The van der Waals surface area contributed by atoms with Gasteiger partial charge in [-0.3, -0.25) is 9.10 Å². The summed E-state index contributed by atoms with van der Waals surface area (Å²) in [7, 11) is -1.91. The minimum Gasteiger partial charge on any atom is -0.345 e. The van der Waals surface area contributed by atoms with Crippen molar-refractivity contribution in [2.24, 2.45) is 0 Å². The molecule has 1 N–H and O–H groups in total. The molecule has 0 fully saturated rings. The van der Waals surface area contributed by atoms with Crippen molar-refractivity contribution in [1.82, 2.24) is 5.32 Å². The number of carbonyl (C=O) groups is 1. The van der Waals surface area contributed by atoms with Crippen molar-refractivity contribution in [3.63, 3.8) is 0 Å². The molecule has 27 heavy (non-hydrogen) atoms. The Kier molecular flexibility index (Phi) is 6.31. The first-order chi connectivity index (χ1) is 12.6. The molecule has 2 aromatic rings. The maximum Gasteiger partial charge on any atom is 0.252 e. The number of hydrogen-bond donors (Lipinski definition) is 1. The standard InChI is InChI=1S/C21H28N2O3S/c1-7-19(17-12-11-14(2)15(3)13-17)22-21(24)18-9-8-10-20(16(18)4)23(5)27(6,25)26/h8-13,19H,7H2,1-6H3,(H,22,24)/t19-/m0/s1. The first-order valence-electron chi connectivity index (χ1n) is 8.97. The maximum absolute atomic E-state index is 12.9. The highest BCUT2D eigenvalue weighted by Crippen LogP contribution is 2.25. The highest BCUT2D eigenvalue weighted by atomic mass is 32.2. The van der Waals surface area contributed by atoms with Crippen LogP contribution in [0.3, 0.4) is 0 Å². The summed E-state index contributed by atoms with van der Waals surface area (Å²) in [5.74, 6) is -0.207. The minimum atomic E-state index is -3.40. The lowest BCUT2D eigenvalue weighted by atomic mass is 9.98. The fourth-order valence-electron chi connectivity index (χ4n) is 3.03. The van der Waals surface area contributed by atoms with Gasteiger partial charge in [-0.1, -0.05) is 31.2 Å². The molecular formula is C21H28N2O3S. The number of rotatable bonds is 6. The molecule has 0 heterocycles. The van der Waals surface area contributed by atoms with E-state index in [4.69, 9.17) is 0 Å². The molecule has 1 amide bonds. The van der Waals surface area contributed by atoms with Crippen molar-refractivity contribution in [3.8, 4) is 0 Å². The van der Waals surface area contributed by atoms with E-state index in [9.17, 15) is 13.2 Å². The van der Waals surface area contributed by atoms with Gasteiger partial charge in [0.25, 0.3) is 5.91 Å². The molecule has 1 atom stereocenters. The van der Waals surface area contributed by atoms with Gasteiger partial charge in [-0.2, -0.15) is 0 Å². The molecule has 146 valence electrons. The Morgan fingerprint density at radius 2 is 1.78 bits per heavy atom. The molecule has 0 saturated heterocycles. The number of amides is 1. The van der Waals surface area contributed by atoms with Gasteiger partial charge < -0.3 is 5.32 Å². The smallest absolute Gasteiger partial charge is 0.252 e. The van der Waals surface area contributed by atoms with Crippen LogP contribution < -0.4 is 9.62 Å². The summed E-state index contributed by atoms with van der Waals surface area (Å²) in [5, 5.41) is 3.08. The second-order valence-electron chi connectivity index (χ2n) is 6.96. The van der Waals surface area contributed by atoms with Crippen LogP contribution in [0.15, 0.2) is 36.4 Å². The molecule has 0 aliphatic heterocycles. The number of aryl methyl sites for hydroxylation is 2. The largest absolute Gasteiger partial charge is 0.345 e. The third-order valence-electron chi connectivity index (χ3n) is 5.03. The molecule has 6 heteroatoms. The Labute approximate surface area is 162 Å². The molecule has 0 radical (unpaired) electrons. The third-order valence-corrected chi connectivity index (χ3v) is 6.23. The highest BCUT2D eigenvalue weighted by molar-refractivity contribution is 7.92. The Bertz CT molecular complexity index is 952. The zero-order valence-corrected chi connectivity index (χ0v) is 17.6. The van der Waals surface area contributed by atoms with Gasteiger partial charge in [-0.05, 0) is 61.6 Å². The highest BCUT2D eigenvalue weighted by Gasteiger charge is 2.20. The summed E-state index contributed by atoms with van der Waals surface area (Å²) in [6, 6.07) is 11.2. The van der Waals surface area contributed by atoms with E-state index in [1.54, 1.807) is 25.1 Å². The van der Waals surface area contributed by atoms with Crippen LogP contribution in [0.25, 0.3) is 0 Å². The van der Waals surface area contributed by atoms with Gasteiger partial charge >= 0.3 is 0 Å². The number of nitrogens with zero attached hydrogens (tertiary/aromatic N) is 1. The predicted molar refractivity (Wildman–Crippen MR) is 111 cm³/mol. The Morgan fingerprint density at radius 1 is 1.11 bits per heavy atom. The fraction of sp³-hybridized carbons (Fsp3) is 0.381. The van der Waals surface area contributed by atoms with Crippen LogP contribution in [0.4, 0.5) is 5.69 Å². The fourth-order valence-corrected chi connectivity index (χ4v) is 3.58. The molecule has 5 nitrogen and oxygen atoms in total. The second-order valence-corrected chi connectivity index (χ2v) is 8.97. The van der Waals surface area contributed by atoms with E-state index in [1.165, 1.54) is 22.5 Å². The van der Waals surface area contributed by atoms with Crippen molar-refractivity contribution in [2.45, 2.75) is 40.2 Å². The number of hydrogen-bond acceptors (Lipinski definition) is 3. The molecule has 0 spiro atoms. The average molecular weight is 389 g/mol. The monoisotopic (exact) mass is 388 g/mol. The quantitative estimate of drug-likeness (QED) is 0.816. The first kappa shape index (κ1) is 21.0. The minimum absolute atomic E-state index is 0.104. The Balaban J connectivity index is 2.33. The molecule has 0 aromatic heterocycles. The van der Waals surface area contributed by atoms with Gasteiger partial charge in [0.1, 0.15) is 0 Å². The zero-order valence-electron chi connectivity index (χ0n) is 16.8. The number of nitrogens with one attached hydrogen (secondary N) is 1. The summed E-state index contributed by atoms with van der Waals surface area (Å²) in [5.41, 5.74) is 5.09. The number of carbonyl (C=O) groups excluding carboxylic acids is 1. The van der Waals surface area contributed by atoms with Gasteiger partial charge in [0.05, 0.1) is 18.0 Å². The molecule has 0 unspecified atom stereocenters. The summed E-state index contributed by atoms with van der Waals surface area (Å²) in [4.78, 5) is 12.9. The van der Waals surface area contributed by atoms with Gasteiger partial charge in [-0.25, -0.2) is 8.42 Å². The van der Waals surface area contributed by atoms with Crippen LogP contribution in [0, 0.1) is 20.8 Å². The van der Waals surface area contributed by atoms with Crippen LogP contribution in [0.5, 0.6) is 0 Å². The third kappa shape index (κ3) is 4.69. The molecule has 0 bridgehead atoms. The first-order valence-corrected chi connectivity index (χ1v) is 10.8. The summed E-state index contributed by atoms with van der Waals surface area (Å²) in [6.45, 7) is 7.91. The average Bonchev–Trinajstić information content (AvgIpc) is 2.60. The lowest BCUT2D eigenvalue weighted by Gasteiger charge is -2.22. The molecule has 0 aliphatic carbocycles.